The van der Waals surface area contributed by atoms with Gasteiger partial charge in [0.15, 0.2) is 5.58 Å². The van der Waals surface area contributed by atoms with Gasteiger partial charge in [0.25, 0.3) is 0 Å². The number of hydrogen-bond donors (Lipinski definition) is 0. The molecule has 4 aromatic rings. The molecular weight excluding hydrogens is 367 g/mol. The molecule has 0 amide bonds. The molecule has 0 spiro atoms. The van der Waals surface area contributed by atoms with Gasteiger partial charge in [0.1, 0.15) is 5.52 Å². The fourth-order valence-corrected chi connectivity index (χ4v) is 3.01. The van der Waals surface area contributed by atoms with E-state index in [1.165, 1.54) is 0 Å². The second kappa shape index (κ2) is 6.94. The summed E-state index contributed by atoms with van der Waals surface area (Å²) < 4.78 is 5.88. The highest BCUT2D eigenvalue weighted by Crippen LogP contribution is 2.33. The predicted molar refractivity (Wildman–Crippen MR) is 108 cm³/mol. The minimum atomic E-state index is 0.477. The van der Waals surface area contributed by atoms with Gasteiger partial charge >= 0.3 is 0 Å². The Labute approximate surface area is 160 Å². The van der Waals surface area contributed by atoms with Crippen LogP contribution in [0.3, 0.4) is 0 Å². The molecular formula is C21H14Cl2N2O. The molecule has 0 saturated heterocycles. The summed E-state index contributed by atoms with van der Waals surface area (Å²) in [5.41, 5.74) is 4.94. The number of rotatable bonds is 3. The van der Waals surface area contributed by atoms with E-state index in [4.69, 9.17) is 27.6 Å². The average Bonchev–Trinajstić information content (AvgIpc) is 3.05. The van der Waals surface area contributed by atoms with E-state index < -0.39 is 0 Å². The van der Waals surface area contributed by atoms with E-state index in [1.807, 2.05) is 61.5 Å². The first-order chi connectivity index (χ1) is 12.6. The van der Waals surface area contributed by atoms with Crippen LogP contribution in [0.1, 0.15) is 11.1 Å². The SMILES string of the molecule is Cc1ccc2nc(-c3cc(N=Cc4ccccc4Cl)ccc3Cl)oc2c1. The van der Waals surface area contributed by atoms with Crippen LogP contribution in [0, 0.1) is 6.92 Å². The van der Waals surface area contributed by atoms with Crippen molar-refractivity contribution in [3.63, 3.8) is 0 Å². The quantitative estimate of drug-likeness (QED) is 0.364. The first-order valence-electron chi connectivity index (χ1n) is 8.06. The van der Waals surface area contributed by atoms with E-state index in [0.717, 1.165) is 27.9 Å². The highest BCUT2D eigenvalue weighted by atomic mass is 35.5. The lowest BCUT2D eigenvalue weighted by Gasteiger charge is -2.02. The van der Waals surface area contributed by atoms with Crippen molar-refractivity contribution >= 4 is 46.2 Å². The number of hydrogen-bond acceptors (Lipinski definition) is 3. The van der Waals surface area contributed by atoms with Gasteiger partial charge in [0, 0.05) is 16.8 Å². The third-order valence-electron chi connectivity index (χ3n) is 3.98. The number of nitrogens with zero attached hydrogens (tertiary/aromatic N) is 2. The standard InChI is InChI=1S/C21H14Cl2N2O/c1-13-6-9-19-20(10-13)26-21(25-19)16-11-15(7-8-18(16)23)24-12-14-4-2-3-5-17(14)22/h2-12H,1H3. The van der Waals surface area contributed by atoms with Crippen molar-refractivity contribution in [2.45, 2.75) is 6.92 Å². The average molecular weight is 381 g/mol. The maximum absolute atomic E-state index is 6.36. The molecule has 0 fully saturated rings. The van der Waals surface area contributed by atoms with Gasteiger partial charge in [0.05, 0.1) is 16.3 Å². The number of halogens is 2. The van der Waals surface area contributed by atoms with Crippen LogP contribution in [-0.2, 0) is 0 Å². The summed E-state index contributed by atoms with van der Waals surface area (Å²) in [6.07, 6.45) is 1.73. The number of aliphatic imine (C=N–C) groups is 1. The molecule has 0 unspecified atom stereocenters. The zero-order chi connectivity index (χ0) is 18.1. The summed E-state index contributed by atoms with van der Waals surface area (Å²) >= 11 is 12.5. The normalized spacial score (nSPS) is 11.5. The lowest BCUT2D eigenvalue weighted by molar-refractivity contribution is 0.619. The zero-order valence-corrected chi connectivity index (χ0v) is 15.4. The Balaban J connectivity index is 1.73. The van der Waals surface area contributed by atoms with Crippen molar-refractivity contribution in [2.24, 2.45) is 4.99 Å². The van der Waals surface area contributed by atoms with E-state index in [-0.39, 0.29) is 0 Å². The Morgan fingerprint density at radius 2 is 1.81 bits per heavy atom. The molecule has 4 rings (SSSR count). The molecule has 128 valence electrons. The summed E-state index contributed by atoms with van der Waals surface area (Å²) in [5.74, 6) is 0.477. The third-order valence-corrected chi connectivity index (χ3v) is 4.66. The molecule has 0 radical (unpaired) electrons. The molecule has 3 nitrogen and oxygen atoms in total. The number of aromatic nitrogens is 1. The Hall–Kier alpha value is -2.62. The van der Waals surface area contributed by atoms with Crippen LogP contribution >= 0.6 is 23.2 Å². The fraction of sp³-hybridized carbons (Fsp3) is 0.0476. The maximum atomic E-state index is 6.36. The molecule has 0 aliphatic rings. The van der Waals surface area contributed by atoms with Gasteiger partial charge in [0.2, 0.25) is 5.89 Å². The van der Waals surface area contributed by atoms with E-state index in [2.05, 4.69) is 9.98 Å². The smallest absolute Gasteiger partial charge is 0.228 e. The molecule has 5 heteroatoms. The van der Waals surface area contributed by atoms with Crippen LogP contribution in [0.4, 0.5) is 5.69 Å². The number of fused-ring (bicyclic) bond motifs is 1. The van der Waals surface area contributed by atoms with Gasteiger partial charge < -0.3 is 4.42 Å². The molecule has 0 N–H and O–H groups in total. The van der Waals surface area contributed by atoms with Gasteiger partial charge in [-0.15, -0.1) is 0 Å². The van der Waals surface area contributed by atoms with Crippen molar-refractivity contribution in [1.82, 2.24) is 4.98 Å². The van der Waals surface area contributed by atoms with Crippen molar-refractivity contribution < 1.29 is 4.42 Å². The first-order valence-corrected chi connectivity index (χ1v) is 8.81. The summed E-state index contributed by atoms with van der Waals surface area (Å²) in [5, 5.41) is 1.21. The highest BCUT2D eigenvalue weighted by Gasteiger charge is 2.12. The summed E-state index contributed by atoms with van der Waals surface area (Å²) in [4.78, 5) is 9.03. The molecule has 26 heavy (non-hydrogen) atoms. The van der Waals surface area contributed by atoms with Crippen LogP contribution in [0.5, 0.6) is 0 Å². The van der Waals surface area contributed by atoms with Gasteiger partial charge in [-0.25, -0.2) is 4.98 Å². The minimum Gasteiger partial charge on any atom is -0.436 e. The molecule has 0 atom stereocenters. The molecule has 1 aromatic heterocycles. The number of oxazole rings is 1. The largest absolute Gasteiger partial charge is 0.436 e. The Morgan fingerprint density at radius 1 is 0.962 bits per heavy atom. The van der Waals surface area contributed by atoms with Crippen LogP contribution in [0.15, 0.2) is 70.1 Å². The van der Waals surface area contributed by atoms with Gasteiger partial charge in [-0.2, -0.15) is 0 Å². The van der Waals surface area contributed by atoms with Crippen LogP contribution < -0.4 is 0 Å². The monoisotopic (exact) mass is 380 g/mol. The lowest BCUT2D eigenvalue weighted by Crippen LogP contribution is -1.83. The van der Waals surface area contributed by atoms with Crippen molar-refractivity contribution in [1.29, 1.82) is 0 Å². The van der Waals surface area contributed by atoms with E-state index in [0.29, 0.717) is 21.5 Å². The Morgan fingerprint density at radius 3 is 2.65 bits per heavy atom. The molecule has 0 aliphatic carbocycles. The molecule has 0 saturated carbocycles. The van der Waals surface area contributed by atoms with Gasteiger partial charge in [-0.05, 0) is 48.9 Å². The second-order valence-corrected chi connectivity index (χ2v) is 6.75. The first kappa shape index (κ1) is 16.8. The zero-order valence-electron chi connectivity index (χ0n) is 13.9. The van der Waals surface area contributed by atoms with E-state index in [1.54, 1.807) is 12.3 Å². The molecule has 3 aromatic carbocycles. The van der Waals surface area contributed by atoms with E-state index >= 15 is 0 Å². The Bertz CT molecular complexity index is 1130. The third kappa shape index (κ3) is 3.36. The van der Waals surface area contributed by atoms with Crippen LogP contribution in [0.25, 0.3) is 22.6 Å². The van der Waals surface area contributed by atoms with E-state index in [9.17, 15) is 0 Å². The van der Waals surface area contributed by atoms with Crippen molar-refractivity contribution in [3.05, 3.63) is 81.8 Å². The van der Waals surface area contributed by atoms with Gasteiger partial charge in [-0.1, -0.05) is 47.5 Å². The lowest BCUT2D eigenvalue weighted by atomic mass is 10.2. The van der Waals surface area contributed by atoms with Crippen LogP contribution in [0.2, 0.25) is 10.0 Å². The van der Waals surface area contributed by atoms with Gasteiger partial charge in [-0.3, -0.25) is 4.99 Å². The predicted octanol–water partition coefficient (Wildman–Crippen LogP) is 6.86. The minimum absolute atomic E-state index is 0.477. The molecule has 0 aliphatic heterocycles. The topological polar surface area (TPSA) is 38.4 Å². The second-order valence-electron chi connectivity index (χ2n) is 5.93. The van der Waals surface area contributed by atoms with Crippen molar-refractivity contribution in [2.75, 3.05) is 0 Å². The summed E-state index contributed by atoms with van der Waals surface area (Å²) in [7, 11) is 0. The molecule has 1 heterocycles. The fourth-order valence-electron chi connectivity index (χ4n) is 2.63. The maximum Gasteiger partial charge on any atom is 0.228 e. The summed E-state index contributed by atoms with van der Waals surface area (Å²) in [6.45, 7) is 2.01. The van der Waals surface area contributed by atoms with Crippen molar-refractivity contribution in [3.8, 4) is 11.5 Å². The van der Waals surface area contributed by atoms with Crippen LogP contribution in [-0.4, -0.2) is 11.2 Å². The Kier molecular flexibility index (Phi) is 4.49. The number of benzene rings is 3. The number of aryl methyl sites for hydroxylation is 1. The highest BCUT2D eigenvalue weighted by molar-refractivity contribution is 6.33. The summed E-state index contributed by atoms with van der Waals surface area (Å²) in [6, 6.07) is 18.9. The molecule has 0 bridgehead atoms.